The molecule has 2 aromatic rings. The number of aromatic carboxylic acids is 1. The maximum atomic E-state index is 12.3. The molecule has 6 nitrogen and oxygen atoms in total. The number of aromatic nitrogens is 1. The molecule has 21 heavy (non-hydrogen) atoms. The lowest BCUT2D eigenvalue weighted by Gasteiger charge is -2.11. The minimum atomic E-state index is -1.20. The third-order valence-corrected chi connectivity index (χ3v) is 3.37. The predicted molar refractivity (Wildman–Crippen MR) is 81.6 cm³/mol. The van der Waals surface area contributed by atoms with Crippen molar-refractivity contribution in [3.05, 3.63) is 45.7 Å². The van der Waals surface area contributed by atoms with Gasteiger partial charge in [0.1, 0.15) is 5.56 Å². The van der Waals surface area contributed by atoms with Gasteiger partial charge in [0.05, 0.1) is 5.52 Å². The zero-order chi connectivity index (χ0) is 15.4. The number of carboxylic acids is 1. The first-order chi connectivity index (χ1) is 10.1. The van der Waals surface area contributed by atoms with E-state index in [0.717, 1.165) is 11.1 Å². The van der Waals surface area contributed by atoms with Gasteiger partial charge in [0.15, 0.2) is 0 Å². The third-order valence-electron chi connectivity index (χ3n) is 3.37. The zero-order valence-corrected chi connectivity index (χ0v) is 11.9. The number of nitrogens with zero attached hydrogens (tertiary/aromatic N) is 1. The molecule has 0 radical (unpaired) electrons. The molecule has 0 saturated heterocycles. The van der Waals surface area contributed by atoms with Crippen molar-refractivity contribution in [1.82, 2.24) is 9.88 Å². The zero-order valence-electron chi connectivity index (χ0n) is 11.9. The third kappa shape index (κ3) is 3.12. The van der Waals surface area contributed by atoms with Crippen molar-refractivity contribution in [1.29, 1.82) is 0 Å². The summed E-state index contributed by atoms with van der Waals surface area (Å²) in [5.74, 6) is -1.20. The average Bonchev–Trinajstić information content (AvgIpc) is 2.48. The smallest absolute Gasteiger partial charge is 0.341 e. The lowest BCUT2D eigenvalue weighted by molar-refractivity contribution is 0.0695. The summed E-state index contributed by atoms with van der Waals surface area (Å²) in [6.07, 6.45) is 1.40. The molecule has 0 saturated carbocycles. The molecule has 0 atom stereocenters. The van der Waals surface area contributed by atoms with Gasteiger partial charge in [0, 0.05) is 37.8 Å². The van der Waals surface area contributed by atoms with E-state index in [1.54, 1.807) is 10.6 Å². The van der Waals surface area contributed by atoms with Gasteiger partial charge in [-0.05, 0) is 24.6 Å². The molecule has 1 aromatic carbocycles. The van der Waals surface area contributed by atoms with Crippen LogP contribution in [-0.4, -0.2) is 28.7 Å². The van der Waals surface area contributed by atoms with Crippen LogP contribution in [0.2, 0.25) is 0 Å². The predicted octanol–water partition coefficient (Wildman–Crippen LogP) is 0.768. The first-order valence-corrected chi connectivity index (χ1v) is 6.88. The molecule has 2 rings (SSSR count). The van der Waals surface area contributed by atoms with Gasteiger partial charge in [-0.1, -0.05) is 6.07 Å². The summed E-state index contributed by atoms with van der Waals surface area (Å²) >= 11 is 0. The Morgan fingerprint density at radius 3 is 2.81 bits per heavy atom. The summed E-state index contributed by atoms with van der Waals surface area (Å²) < 4.78 is 1.78. The Hall–Kier alpha value is -2.18. The molecule has 4 N–H and O–H groups in total. The maximum Gasteiger partial charge on any atom is 0.341 e. The Balaban J connectivity index is 2.56. The van der Waals surface area contributed by atoms with Crippen LogP contribution in [0, 0.1) is 0 Å². The molecule has 0 fully saturated rings. The summed E-state index contributed by atoms with van der Waals surface area (Å²) in [4.78, 5) is 23.5. The standard InChI is InChI=1S/C15H19N3O3/c1-2-18-9-12(15(20)21)14(19)11-7-10(3-4-13(11)18)8-17-6-5-16/h3-4,7,9,17H,2,5-6,8,16H2,1H3,(H,20,21). The molecule has 6 heteroatoms. The molecule has 0 aliphatic heterocycles. The average molecular weight is 289 g/mol. The van der Waals surface area contributed by atoms with Crippen LogP contribution >= 0.6 is 0 Å². The van der Waals surface area contributed by atoms with Gasteiger partial charge in [0.2, 0.25) is 5.43 Å². The number of nitrogens with one attached hydrogen (secondary N) is 1. The van der Waals surface area contributed by atoms with Crippen molar-refractivity contribution >= 4 is 16.9 Å². The normalized spacial score (nSPS) is 11.0. The van der Waals surface area contributed by atoms with Gasteiger partial charge in [-0.2, -0.15) is 0 Å². The molecule has 0 bridgehead atoms. The number of hydrogen-bond donors (Lipinski definition) is 3. The largest absolute Gasteiger partial charge is 0.477 e. The number of hydrogen-bond acceptors (Lipinski definition) is 4. The van der Waals surface area contributed by atoms with E-state index in [4.69, 9.17) is 10.8 Å². The summed E-state index contributed by atoms with van der Waals surface area (Å²) in [5, 5.41) is 12.7. The van der Waals surface area contributed by atoms with E-state index in [-0.39, 0.29) is 5.56 Å². The number of pyridine rings is 1. The van der Waals surface area contributed by atoms with E-state index in [9.17, 15) is 9.59 Å². The Bertz CT molecular complexity index is 722. The Morgan fingerprint density at radius 2 is 2.19 bits per heavy atom. The summed E-state index contributed by atoms with van der Waals surface area (Å²) in [5.41, 5.74) is 6.45. The molecular weight excluding hydrogens is 270 g/mol. The first-order valence-electron chi connectivity index (χ1n) is 6.88. The van der Waals surface area contributed by atoms with E-state index in [1.165, 1.54) is 6.20 Å². The van der Waals surface area contributed by atoms with E-state index < -0.39 is 11.4 Å². The van der Waals surface area contributed by atoms with E-state index in [0.29, 0.717) is 31.6 Å². The highest BCUT2D eigenvalue weighted by Crippen LogP contribution is 2.14. The topological polar surface area (TPSA) is 97.3 Å². The molecule has 112 valence electrons. The summed E-state index contributed by atoms with van der Waals surface area (Å²) in [6.45, 7) is 4.33. The second-order valence-electron chi connectivity index (χ2n) is 4.78. The fourth-order valence-electron chi connectivity index (χ4n) is 2.30. The van der Waals surface area contributed by atoms with Crippen molar-refractivity contribution < 1.29 is 9.90 Å². The van der Waals surface area contributed by atoms with Gasteiger partial charge in [-0.25, -0.2) is 4.79 Å². The highest BCUT2D eigenvalue weighted by atomic mass is 16.4. The van der Waals surface area contributed by atoms with Crippen LogP contribution in [0.15, 0.2) is 29.2 Å². The lowest BCUT2D eigenvalue weighted by Crippen LogP contribution is -2.22. The highest BCUT2D eigenvalue weighted by molar-refractivity contribution is 5.92. The van der Waals surface area contributed by atoms with Gasteiger partial charge in [-0.15, -0.1) is 0 Å². The minimum absolute atomic E-state index is 0.198. The maximum absolute atomic E-state index is 12.3. The number of benzene rings is 1. The lowest BCUT2D eigenvalue weighted by atomic mass is 10.1. The van der Waals surface area contributed by atoms with E-state index >= 15 is 0 Å². The van der Waals surface area contributed by atoms with Gasteiger partial charge in [0.25, 0.3) is 0 Å². The van der Waals surface area contributed by atoms with Crippen molar-refractivity contribution in [2.75, 3.05) is 13.1 Å². The highest BCUT2D eigenvalue weighted by Gasteiger charge is 2.14. The van der Waals surface area contributed by atoms with Crippen molar-refractivity contribution in [3.8, 4) is 0 Å². The van der Waals surface area contributed by atoms with E-state index in [2.05, 4.69) is 5.32 Å². The Labute approximate surface area is 122 Å². The van der Waals surface area contributed by atoms with Crippen LogP contribution in [0.3, 0.4) is 0 Å². The van der Waals surface area contributed by atoms with Crippen LogP contribution < -0.4 is 16.5 Å². The number of fused-ring (bicyclic) bond motifs is 1. The molecule has 0 spiro atoms. The monoisotopic (exact) mass is 289 g/mol. The van der Waals surface area contributed by atoms with Gasteiger partial charge >= 0.3 is 5.97 Å². The van der Waals surface area contributed by atoms with Crippen LogP contribution in [0.5, 0.6) is 0 Å². The van der Waals surface area contributed by atoms with Gasteiger partial charge < -0.3 is 20.7 Å². The van der Waals surface area contributed by atoms with Crippen LogP contribution in [0.25, 0.3) is 10.9 Å². The van der Waals surface area contributed by atoms with Crippen LogP contribution in [-0.2, 0) is 13.1 Å². The van der Waals surface area contributed by atoms with E-state index in [1.807, 2.05) is 19.1 Å². The number of rotatable bonds is 6. The molecule has 0 aliphatic rings. The molecule has 0 aliphatic carbocycles. The molecule has 1 heterocycles. The van der Waals surface area contributed by atoms with Crippen LogP contribution in [0.4, 0.5) is 0 Å². The summed E-state index contributed by atoms with van der Waals surface area (Å²) in [7, 11) is 0. The minimum Gasteiger partial charge on any atom is -0.477 e. The van der Waals surface area contributed by atoms with Crippen molar-refractivity contribution in [2.24, 2.45) is 5.73 Å². The van der Waals surface area contributed by atoms with Crippen molar-refractivity contribution in [3.63, 3.8) is 0 Å². The molecule has 0 unspecified atom stereocenters. The Morgan fingerprint density at radius 1 is 1.43 bits per heavy atom. The number of nitrogens with two attached hydrogens (primary N) is 1. The fourth-order valence-corrected chi connectivity index (χ4v) is 2.30. The van der Waals surface area contributed by atoms with Crippen LogP contribution in [0.1, 0.15) is 22.8 Å². The van der Waals surface area contributed by atoms with Gasteiger partial charge in [-0.3, -0.25) is 4.79 Å². The quantitative estimate of drug-likeness (QED) is 0.682. The first kappa shape index (κ1) is 15.2. The number of aryl methyl sites for hydroxylation is 1. The fraction of sp³-hybridized carbons (Fsp3) is 0.333. The number of carboxylic acid groups (broad SMARTS) is 1. The van der Waals surface area contributed by atoms with Crippen molar-refractivity contribution in [2.45, 2.75) is 20.0 Å². The molecular formula is C15H19N3O3. The second kappa shape index (κ2) is 6.51. The number of carbonyl (C=O) groups is 1. The summed E-state index contributed by atoms with van der Waals surface area (Å²) in [6, 6.07) is 5.53. The Kier molecular flexibility index (Phi) is 4.72. The SMILES string of the molecule is CCn1cc(C(=O)O)c(=O)c2cc(CNCCN)ccc21. The second-order valence-corrected chi connectivity index (χ2v) is 4.78. The molecule has 0 amide bonds. The molecule has 1 aromatic heterocycles.